The van der Waals surface area contributed by atoms with Crippen molar-refractivity contribution in [2.45, 2.75) is 66.3 Å². The minimum atomic E-state index is 0.459. The number of benzene rings is 1. The molecule has 1 saturated carbocycles. The van der Waals surface area contributed by atoms with E-state index in [1.165, 1.54) is 36.8 Å². The molecule has 1 aromatic carbocycles. The van der Waals surface area contributed by atoms with Crippen LogP contribution in [0.15, 0.2) is 24.3 Å². The van der Waals surface area contributed by atoms with E-state index in [1.54, 1.807) is 0 Å². The van der Waals surface area contributed by atoms with Gasteiger partial charge in [-0.1, -0.05) is 65.3 Å². The molecule has 0 heterocycles. The lowest BCUT2D eigenvalue weighted by Gasteiger charge is -2.35. The van der Waals surface area contributed by atoms with E-state index in [0.29, 0.717) is 11.5 Å². The second kappa shape index (κ2) is 6.96. The third-order valence-electron chi connectivity index (χ3n) is 5.12. The van der Waals surface area contributed by atoms with Crippen molar-refractivity contribution in [3.05, 3.63) is 35.4 Å². The van der Waals surface area contributed by atoms with Gasteiger partial charge in [-0.2, -0.15) is 0 Å². The molecule has 2 atom stereocenters. The van der Waals surface area contributed by atoms with Gasteiger partial charge in [-0.15, -0.1) is 0 Å². The number of hydrogen-bond donors (Lipinski definition) is 1. The number of rotatable bonds is 6. The lowest BCUT2D eigenvalue weighted by molar-refractivity contribution is 0.199. The third-order valence-corrected chi connectivity index (χ3v) is 5.12. The second-order valence-electron chi connectivity index (χ2n) is 7.87. The molecule has 1 aliphatic rings. The summed E-state index contributed by atoms with van der Waals surface area (Å²) in [6.07, 6.45) is 5.29. The van der Waals surface area contributed by atoms with Crippen LogP contribution in [-0.4, -0.2) is 6.54 Å². The highest BCUT2D eigenvalue weighted by Gasteiger charge is 2.39. The van der Waals surface area contributed by atoms with Crippen molar-refractivity contribution in [1.29, 1.82) is 0 Å². The van der Waals surface area contributed by atoms with Crippen LogP contribution in [-0.2, 0) is 6.42 Å². The summed E-state index contributed by atoms with van der Waals surface area (Å²) in [7, 11) is 0. The van der Waals surface area contributed by atoms with E-state index in [0.717, 1.165) is 18.4 Å². The van der Waals surface area contributed by atoms with Gasteiger partial charge >= 0.3 is 0 Å². The molecule has 1 aliphatic carbocycles. The van der Waals surface area contributed by atoms with Gasteiger partial charge in [0.2, 0.25) is 0 Å². The molecule has 118 valence electrons. The van der Waals surface area contributed by atoms with Gasteiger partial charge in [0.05, 0.1) is 0 Å². The van der Waals surface area contributed by atoms with Crippen LogP contribution >= 0.6 is 0 Å². The van der Waals surface area contributed by atoms with Crippen LogP contribution in [0.5, 0.6) is 0 Å². The first kappa shape index (κ1) is 16.5. The van der Waals surface area contributed by atoms with E-state index >= 15 is 0 Å². The lowest BCUT2D eigenvalue weighted by atomic mass is 9.75. The summed E-state index contributed by atoms with van der Waals surface area (Å²) in [5, 5.41) is 3.78. The predicted molar refractivity (Wildman–Crippen MR) is 92.5 cm³/mol. The molecule has 1 nitrogen and oxygen atoms in total. The van der Waals surface area contributed by atoms with Crippen molar-refractivity contribution >= 4 is 0 Å². The van der Waals surface area contributed by atoms with Gasteiger partial charge in [0.1, 0.15) is 0 Å². The van der Waals surface area contributed by atoms with Crippen molar-refractivity contribution in [3.63, 3.8) is 0 Å². The first-order valence-corrected chi connectivity index (χ1v) is 8.76. The Morgan fingerprint density at radius 2 is 2.05 bits per heavy atom. The highest BCUT2D eigenvalue weighted by molar-refractivity contribution is 5.27. The summed E-state index contributed by atoms with van der Waals surface area (Å²) in [5.41, 5.74) is 3.44. The van der Waals surface area contributed by atoms with Gasteiger partial charge in [-0.3, -0.25) is 0 Å². The van der Waals surface area contributed by atoms with E-state index in [-0.39, 0.29) is 0 Å². The van der Waals surface area contributed by atoms with Gasteiger partial charge in [-0.05, 0) is 54.2 Å². The third kappa shape index (κ3) is 4.10. The molecule has 0 saturated heterocycles. The normalized spacial score (nSPS) is 22.7. The predicted octanol–water partition coefficient (Wildman–Crippen LogP) is 5.36. The summed E-state index contributed by atoms with van der Waals surface area (Å²) in [6.45, 7) is 12.8. The molecular formula is C20H33N. The topological polar surface area (TPSA) is 12.0 Å². The van der Waals surface area contributed by atoms with Crippen LogP contribution in [0.2, 0.25) is 0 Å². The Morgan fingerprint density at radius 1 is 1.29 bits per heavy atom. The average molecular weight is 287 g/mol. The largest absolute Gasteiger partial charge is 0.310 e. The average Bonchev–Trinajstić information content (AvgIpc) is 2.75. The Balaban J connectivity index is 2.25. The molecular weight excluding hydrogens is 254 g/mol. The molecule has 0 spiro atoms. The minimum absolute atomic E-state index is 0.459. The van der Waals surface area contributed by atoms with Crippen molar-refractivity contribution in [2.24, 2.45) is 17.3 Å². The Kier molecular flexibility index (Phi) is 5.48. The van der Waals surface area contributed by atoms with Crippen LogP contribution in [0.1, 0.15) is 71.0 Å². The molecule has 0 aromatic heterocycles. The zero-order chi connectivity index (χ0) is 15.5. The maximum Gasteiger partial charge on any atom is 0.0353 e. The minimum Gasteiger partial charge on any atom is -0.310 e. The Labute approximate surface area is 131 Å². The van der Waals surface area contributed by atoms with Gasteiger partial charge in [0, 0.05) is 6.04 Å². The molecule has 0 aliphatic heterocycles. The zero-order valence-electron chi connectivity index (χ0n) is 14.6. The first-order chi connectivity index (χ1) is 9.94. The maximum absolute atomic E-state index is 3.78. The van der Waals surface area contributed by atoms with Gasteiger partial charge in [0.25, 0.3) is 0 Å². The smallest absolute Gasteiger partial charge is 0.0353 e. The van der Waals surface area contributed by atoms with Crippen LogP contribution in [0.3, 0.4) is 0 Å². The fraction of sp³-hybridized carbons (Fsp3) is 0.700. The van der Waals surface area contributed by atoms with E-state index in [9.17, 15) is 0 Å². The van der Waals surface area contributed by atoms with Gasteiger partial charge in [0.15, 0.2) is 0 Å². The second-order valence-corrected chi connectivity index (χ2v) is 7.87. The standard InChI is InChI=1S/C20H33N/c1-6-21-19(18-11-8-12-20(18,4)5)17-10-7-9-16(14-17)13-15(2)3/h7,9-10,14-15,18-19,21H,6,8,11-13H2,1-5H3. The Bertz CT molecular complexity index is 447. The number of hydrogen-bond acceptors (Lipinski definition) is 1. The summed E-state index contributed by atoms with van der Waals surface area (Å²) >= 11 is 0. The van der Waals surface area contributed by atoms with Crippen LogP contribution in [0.4, 0.5) is 0 Å². The van der Waals surface area contributed by atoms with E-state index in [2.05, 4.69) is 64.2 Å². The quantitative estimate of drug-likeness (QED) is 0.742. The van der Waals surface area contributed by atoms with Crippen LogP contribution in [0.25, 0.3) is 0 Å². The summed E-state index contributed by atoms with van der Waals surface area (Å²) < 4.78 is 0. The van der Waals surface area contributed by atoms with Gasteiger partial charge in [-0.25, -0.2) is 0 Å². The molecule has 2 unspecified atom stereocenters. The molecule has 1 N–H and O–H groups in total. The molecule has 0 amide bonds. The highest BCUT2D eigenvalue weighted by Crippen LogP contribution is 2.48. The fourth-order valence-electron chi connectivity index (χ4n) is 4.07. The van der Waals surface area contributed by atoms with Crippen molar-refractivity contribution < 1.29 is 0 Å². The molecule has 1 fully saturated rings. The van der Waals surface area contributed by atoms with Crippen molar-refractivity contribution in [2.75, 3.05) is 6.54 Å². The van der Waals surface area contributed by atoms with E-state index in [4.69, 9.17) is 0 Å². The maximum atomic E-state index is 3.78. The van der Waals surface area contributed by atoms with E-state index < -0.39 is 0 Å². The Morgan fingerprint density at radius 3 is 2.62 bits per heavy atom. The number of nitrogens with one attached hydrogen (secondary N) is 1. The monoisotopic (exact) mass is 287 g/mol. The highest BCUT2D eigenvalue weighted by atomic mass is 14.9. The summed E-state index contributed by atoms with van der Waals surface area (Å²) in [6, 6.07) is 9.82. The van der Waals surface area contributed by atoms with Crippen LogP contribution in [0, 0.1) is 17.3 Å². The van der Waals surface area contributed by atoms with Crippen LogP contribution < -0.4 is 5.32 Å². The SMILES string of the molecule is CCNC(c1cccc(CC(C)C)c1)C1CCCC1(C)C. The molecule has 2 rings (SSSR count). The summed E-state index contributed by atoms with van der Waals surface area (Å²) in [4.78, 5) is 0. The molecule has 1 heteroatoms. The van der Waals surface area contributed by atoms with Gasteiger partial charge < -0.3 is 5.32 Å². The van der Waals surface area contributed by atoms with Crippen molar-refractivity contribution in [1.82, 2.24) is 5.32 Å². The zero-order valence-corrected chi connectivity index (χ0v) is 14.6. The van der Waals surface area contributed by atoms with Crippen molar-refractivity contribution in [3.8, 4) is 0 Å². The first-order valence-electron chi connectivity index (χ1n) is 8.76. The fourth-order valence-corrected chi connectivity index (χ4v) is 4.07. The molecule has 1 aromatic rings. The molecule has 0 radical (unpaired) electrons. The Hall–Kier alpha value is -0.820. The van der Waals surface area contributed by atoms with E-state index in [1.807, 2.05) is 0 Å². The molecule has 21 heavy (non-hydrogen) atoms. The summed E-state index contributed by atoms with van der Waals surface area (Å²) in [5.74, 6) is 1.48. The lowest BCUT2D eigenvalue weighted by Crippen LogP contribution is -2.34. The molecule has 0 bridgehead atoms.